The van der Waals surface area contributed by atoms with Gasteiger partial charge in [0.15, 0.2) is 0 Å². The Labute approximate surface area is 109 Å². The van der Waals surface area contributed by atoms with Crippen molar-refractivity contribution in [3.05, 3.63) is 70.8 Å². The molecule has 3 aromatic rings. The first-order valence-electron chi connectivity index (χ1n) is 5.94. The van der Waals surface area contributed by atoms with E-state index in [1.54, 1.807) is 12.3 Å². The van der Waals surface area contributed by atoms with Crippen molar-refractivity contribution in [3.8, 4) is 11.3 Å². The fraction of sp³-hybridized carbons (Fsp3) is 0.0714. The molecule has 3 rings (SSSR count). The summed E-state index contributed by atoms with van der Waals surface area (Å²) in [7, 11) is 0. The van der Waals surface area contributed by atoms with Crippen LogP contribution in [0.4, 0.5) is 0 Å². The molecule has 0 amide bonds. The number of aromatic nitrogens is 4. The standard InChI is InChI=1S/C14H12N4O/c19-14-7-6-13(16-17-14)12-8-15-18(10-12)9-11-4-2-1-3-5-11/h1-8,10H,9H2,(H,17,19). The van der Waals surface area contributed by atoms with Crippen molar-refractivity contribution in [2.75, 3.05) is 0 Å². The number of benzene rings is 1. The van der Waals surface area contributed by atoms with E-state index in [1.807, 2.05) is 29.1 Å². The molecule has 0 unspecified atom stereocenters. The average Bonchev–Trinajstić information content (AvgIpc) is 2.89. The maximum atomic E-state index is 11.0. The third-order valence-electron chi connectivity index (χ3n) is 2.80. The monoisotopic (exact) mass is 252 g/mol. The molecule has 0 spiro atoms. The first-order valence-corrected chi connectivity index (χ1v) is 5.94. The van der Waals surface area contributed by atoms with Crippen LogP contribution in [0, 0.1) is 0 Å². The number of rotatable bonds is 3. The molecule has 0 atom stereocenters. The molecule has 5 nitrogen and oxygen atoms in total. The molecule has 2 heterocycles. The summed E-state index contributed by atoms with van der Waals surface area (Å²) in [6.45, 7) is 0.712. The van der Waals surface area contributed by atoms with Gasteiger partial charge in [-0.1, -0.05) is 30.3 Å². The van der Waals surface area contributed by atoms with Crippen LogP contribution >= 0.6 is 0 Å². The summed E-state index contributed by atoms with van der Waals surface area (Å²) in [4.78, 5) is 11.0. The van der Waals surface area contributed by atoms with E-state index in [0.717, 1.165) is 5.56 Å². The molecular weight excluding hydrogens is 240 g/mol. The second-order valence-corrected chi connectivity index (χ2v) is 4.22. The zero-order valence-electron chi connectivity index (χ0n) is 10.2. The number of H-pyrrole nitrogens is 1. The van der Waals surface area contributed by atoms with Crippen molar-refractivity contribution in [2.45, 2.75) is 6.54 Å². The van der Waals surface area contributed by atoms with Crippen molar-refractivity contribution in [1.82, 2.24) is 20.0 Å². The lowest BCUT2D eigenvalue weighted by atomic mass is 10.2. The zero-order valence-corrected chi connectivity index (χ0v) is 10.2. The summed E-state index contributed by atoms with van der Waals surface area (Å²) in [6.07, 6.45) is 3.65. The molecule has 0 aliphatic carbocycles. The first-order chi connectivity index (χ1) is 9.31. The molecule has 0 saturated heterocycles. The third-order valence-corrected chi connectivity index (χ3v) is 2.80. The van der Waals surface area contributed by atoms with Gasteiger partial charge in [0.25, 0.3) is 5.56 Å². The lowest BCUT2D eigenvalue weighted by Gasteiger charge is -2.00. The minimum Gasteiger partial charge on any atom is -0.268 e. The summed E-state index contributed by atoms with van der Waals surface area (Å²) in [5.74, 6) is 0. The van der Waals surface area contributed by atoms with E-state index in [4.69, 9.17) is 0 Å². The summed E-state index contributed by atoms with van der Waals surface area (Å²) >= 11 is 0. The Hall–Kier alpha value is -2.69. The van der Waals surface area contributed by atoms with E-state index in [0.29, 0.717) is 12.2 Å². The number of aromatic amines is 1. The molecule has 1 aromatic carbocycles. The van der Waals surface area contributed by atoms with Gasteiger partial charge < -0.3 is 0 Å². The molecule has 19 heavy (non-hydrogen) atoms. The van der Waals surface area contributed by atoms with Crippen LogP contribution in [0.3, 0.4) is 0 Å². The number of hydrogen-bond acceptors (Lipinski definition) is 3. The van der Waals surface area contributed by atoms with Crippen molar-refractivity contribution in [1.29, 1.82) is 0 Å². The van der Waals surface area contributed by atoms with Crippen molar-refractivity contribution in [2.24, 2.45) is 0 Å². The van der Waals surface area contributed by atoms with Crippen LogP contribution in [0.2, 0.25) is 0 Å². The highest BCUT2D eigenvalue weighted by atomic mass is 16.1. The lowest BCUT2D eigenvalue weighted by molar-refractivity contribution is 0.687. The van der Waals surface area contributed by atoms with E-state index < -0.39 is 0 Å². The van der Waals surface area contributed by atoms with E-state index >= 15 is 0 Å². The molecular formula is C14H12N4O. The van der Waals surface area contributed by atoms with Crippen LogP contribution in [-0.2, 0) is 6.54 Å². The molecule has 2 aromatic heterocycles. The van der Waals surface area contributed by atoms with Gasteiger partial charge in [-0.2, -0.15) is 10.2 Å². The Bertz CT molecular complexity index is 710. The predicted molar refractivity (Wildman–Crippen MR) is 71.6 cm³/mol. The molecule has 0 saturated carbocycles. The van der Waals surface area contributed by atoms with E-state index in [2.05, 4.69) is 27.4 Å². The quantitative estimate of drug-likeness (QED) is 0.771. The van der Waals surface area contributed by atoms with Crippen molar-refractivity contribution < 1.29 is 0 Å². The molecule has 0 fully saturated rings. The Morgan fingerprint density at radius 1 is 1.11 bits per heavy atom. The highest BCUT2D eigenvalue weighted by Crippen LogP contribution is 2.14. The van der Waals surface area contributed by atoms with Crippen molar-refractivity contribution in [3.63, 3.8) is 0 Å². The molecule has 5 heteroatoms. The minimum atomic E-state index is -0.208. The SMILES string of the molecule is O=c1ccc(-c2cnn(Cc3ccccc3)c2)n[nH]1. The maximum Gasteiger partial charge on any atom is 0.264 e. The van der Waals surface area contributed by atoms with Crippen molar-refractivity contribution >= 4 is 0 Å². The van der Waals surface area contributed by atoms with Gasteiger partial charge in [0.1, 0.15) is 0 Å². The summed E-state index contributed by atoms with van der Waals surface area (Å²) in [5.41, 5.74) is 2.57. The Balaban J connectivity index is 1.83. The number of nitrogens with one attached hydrogen (secondary N) is 1. The molecule has 94 valence electrons. The second kappa shape index (κ2) is 4.89. The summed E-state index contributed by atoms with van der Waals surface area (Å²) in [6, 6.07) is 13.2. The molecule has 0 radical (unpaired) electrons. The smallest absolute Gasteiger partial charge is 0.264 e. The number of hydrogen-bond donors (Lipinski definition) is 1. The fourth-order valence-electron chi connectivity index (χ4n) is 1.86. The van der Waals surface area contributed by atoms with Gasteiger partial charge in [-0.3, -0.25) is 9.48 Å². The van der Waals surface area contributed by atoms with Crippen LogP contribution in [0.5, 0.6) is 0 Å². The predicted octanol–water partition coefficient (Wildman–Crippen LogP) is 1.68. The Morgan fingerprint density at radius 2 is 1.95 bits per heavy atom. The van der Waals surface area contributed by atoms with Crippen LogP contribution in [0.1, 0.15) is 5.56 Å². The maximum absolute atomic E-state index is 11.0. The third kappa shape index (κ3) is 2.60. The molecule has 0 aliphatic heterocycles. The highest BCUT2D eigenvalue weighted by molar-refractivity contribution is 5.55. The normalized spacial score (nSPS) is 10.5. The first kappa shape index (κ1) is 11.4. The van der Waals surface area contributed by atoms with Gasteiger partial charge in [0, 0.05) is 17.8 Å². The van der Waals surface area contributed by atoms with Crippen LogP contribution in [0.15, 0.2) is 59.7 Å². The molecule has 1 N–H and O–H groups in total. The van der Waals surface area contributed by atoms with Crippen LogP contribution in [0.25, 0.3) is 11.3 Å². The lowest BCUT2D eigenvalue weighted by Crippen LogP contribution is -2.05. The molecule has 0 bridgehead atoms. The topological polar surface area (TPSA) is 63.6 Å². The minimum absolute atomic E-state index is 0.208. The second-order valence-electron chi connectivity index (χ2n) is 4.22. The average molecular weight is 252 g/mol. The van der Waals surface area contributed by atoms with Gasteiger partial charge in [-0.25, -0.2) is 5.10 Å². The van der Waals surface area contributed by atoms with Crippen LogP contribution in [-0.4, -0.2) is 20.0 Å². The van der Waals surface area contributed by atoms with Gasteiger partial charge in [-0.15, -0.1) is 0 Å². The summed E-state index contributed by atoms with van der Waals surface area (Å²) < 4.78 is 1.84. The fourth-order valence-corrected chi connectivity index (χ4v) is 1.86. The van der Waals surface area contributed by atoms with Gasteiger partial charge in [0.05, 0.1) is 18.4 Å². The molecule has 0 aliphatic rings. The van der Waals surface area contributed by atoms with Gasteiger partial charge in [0.2, 0.25) is 0 Å². The Kier molecular flexibility index (Phi) is 2.94. The van der Waals surface area contributed by atoms with Gasteiger partial charge >= 0.3 is 0 Å². The van der Waals surface area contributed by atoms with Crippen LogP contribution < -0.4 is 5.56 Å². The summed E-state index contributed by atoms with van der Waals surface area (Å²) in [5, 5.41) is 10.7. The van der Waals surface area contributed by atoms with E-state index in [-0.39, 0.29) is 5.56 Å². The van der Waals surface area contributed by atoms with Gasteiger partial charge in [-0.05, 0) is 11.6 Å². The largest absolute Gasteiger partial charge is 0.268 e. The Morgan fingerprint density at radius 3 is 2.68 bits per heavy atom. The zero-order chi connectivity index (χ0) is 13.1. The number of nitrogens with zero attached hydrogens (tertiary/aromatic N) is 3. The highest BCUT2D eigenvalue weighted by Gasteiger charge is 2.03. The van der Waals surface area contributed by atoms with E-state index in [1.165, 1.54) is 11.6 Å². The van der Waals surface area contributed by atoms with E-state index in [9.17, 15) is 4.79 Å².